The highest BCUT2D eigenvalue weighted by molar-refractivity contribution is 9.10. The quantitative estimate of drug-likeness (QED) is 0.851. The number of nitrogen functional groups attached to an aromatic ring is 1. The first kappa shape index (κ1) is 15.5. The molecular weight excluding hydrogens is 335 g/mol. The lowest BCUT2D eigenvalue weighted by molar-refractivity contribution is 0.0751. The molecule has 0 radical (unpaired) electrons. The number of hydrogen-bond acceptors (Lipinski definition) is 2. The molecule has 0 saturated heterocycles. The maximum absolute atomic E-state index is 13.6. The Labute approximate surface area is 131 Å². The number of hydrogen-bond donors (Lipinski definition) is 1. The van der Waals surface area contributed by atoms with Crippen LogP contribution in [0.3, 0.4) is 0 Å². The summed E-state index contributed by atoms with van der Waals surface area (Å²) in [5.74, 6) is -0.660. The highest BCUT2D eigenvalue weighted by Crippen LogP contribution is 2.22. The van der Waals surface area contributed by atoms with Crippen LogP contribution in [0.1, 0.15) is 22.8 Å². The summed E-state index contributed by atoms with van der Waals surface area (Å²) in [5, 5.41) is 0. The van der Waals surface area contributed by atoms with Crippen LogP contribution in [0.5, 0.6) is 0 Å². The zero-order valence-corrected chi connectivity index (χ0v) is 13.2. The van der Waals surface area contributed by atoms with E-state index in [2.05, 4.69) is 15.9 Å². The summed E-state index contributed by atoms with van der Waals surface area (Å²) in [7, 11) is 0. The molecule has 5 heteroatoms. The lowest BCUT2D eigenvalue weighted by Gasteiger charge is -2.22. The molecule has 2 aromatic rings. The number of halogens is 2. The Morgan fingerprint density at radius 1 is 1.29 bits per heavy atom. The third-order valence-corrected chi connectivity index (χ3v) is 3.98. The topological polar surface area (TPSA) is 46.3 Å². The highest BCUT2D eigenvalue weighted by Gasteiger charge is 2.19. The van der Waals surface area contributed by atoms with E-state index in [1.807, 2.05) is 25.1 Å². The summed E-state index contributed by atoms with van der Waals surface area (Å²) in [6, 6.07) is 11.8. The van der Waals surface area contributed by atoms with Crippen molar-refractivity contribution in [3.8, 4) is 0 Å². The van der Waals surface area contributed by atoms with E-state index in [1.54, 1.807) is 17.0 Å². The van der Waals surface area contributed by atoms with Crippen LogP contribution < -0.4 is 5.73 Å². The molecule has 1 amide bonds. The van der Waals surface area contributed by atoms with Gasteiger partial charge in [0.25, 0.3) is 5.91 Å². The van der Waals surface area contributed by atoms with Crippen molar-refractivity contribution in [2.24, 2.45) is 0 Å². The molecule has 0 aromatic heterocycles. The van der Waals surface area contributed by atoms with E-state index in [9.17, 15) is 9.18 Å². The van der Waals surface area contributed by atoms with Gasteiger partial charge in [0.15, 0.2) is 0 Å². The number of nitrogens with zero attached hydrogens (tertiary/aromatic N) is 1. The number of carbonyl (C=O) groups is 1. The van der Waals surface area contributed by atoms with Crippen molar-refractivity contribution in [3.05, 3.63) is 63.9 Å². The fraction of sp³-hybridized carbons (Fsp3) is 0.188. The van der Waals surface area contributed by atoms with Crippen molar-refractivity contribution >= 4 is 27.5 Å². The maximum atomic E-state index is 13.6. The standard InChI is InChI=1S/C16H16BrFN2O/c1-2-20(10-11-5-3-6-12(19)9-11)16(21)13-7-4-8-14(18)15(13)17/h3-9H,2,10,19H2,1H3. The molecular formula is C16H16BrFN2O. The van der Waals surface area contributed by atoms with E-state index in [1.165, 1.54) is 12.1 Å². The second kappa shape index (κ2) is 6.72. The molecule has 0 unspecified atom stereocenters. The third kappa shape index (κ3) is 3.61. The zero-order valence-electron chi connectivity index (χ0n) is 11.6. The number of rotatable bonds is 4. The van der Waals surface area contributed by atoms with Gasteiger partial charge in [0.2, 0.25) is 0 Å². The van der Waals surface area contributed by atoms with Crippen molar-refractivity contribution in [1.29, 1.82) is 0 Å². The molecule has 3 nitrogen and oxygen atoms in total. The van der Waals surface area contributed by atoms with Gasteiger partial charge in [-0.15, -0.1) is 0 Å². The molecule has 0 aliphatic carbocycles. The molecule has 2 rings (SSSR count). The lowest BCUT2D eigenvalue weighted by atomic mass is 10.1. The van der Waals surface area contributed by atoms with Gasteiger partial charge in [-0.3, -0.25) is 4.79 Å². The second-order valence-corrected chi connectivity index (χ2v) is 5.46. The van der Waals surface area contributed by atoms with Gasteiger partial charge in [0, 0.05) is 18.8 Å². The molecule has 0 spiro atoms. The van der Waals surface area contributed by atoms with Crippen LogP contribution in [0.4, 0.5) is 10.1 Å². The van der Waals surface area contributed by atoms with Crippen molar-refractivity contribution in [1.82, 2.24) is 4.90 Å². The zero-order chi connectivity index (χ0) is 15.4. The Bertz CT molecular complexity index is 660. The van der Waals surface area contributed by atoms with E-state index in [-0.39, 0.29) is 10.4 Å². The van der Waals surface area contributed by atoms with Crippen LogP contribution in [-0.4, -0.2) is 17.4 Å². The van der Waals surface area contributed by atoms with Crippen LogP contribution >= 0.6 is 15.9 Å². The number of amides is 1. The monoisotopic (exact) mass is 350 g/mol. The summed E-state index contributed by atoms with van der Waals surface area (Å²) in [4.78, 5) is 14.2. The van der Waals surface area contributed by atoms with Gasteiger partial charge in [-0.1, -0.05) is 18.2 Å². The molecule has 0 fully saturated rings. The normalized spacial score (nSPS) is 10.4. The predicted molar refractivity (Wildman–Crippen MR) is 85.4 cm³/mol. The van der Waals surface area contributed by atoms with Crippen molar-refractivity contribution in [2.45, 2.75) is 13.5 Å². The number of anilines is 1. The fourth-order valence-electron chi connectivity index (χ4n) is 2.08. The number of nitrogens with two attached hydrogens (primary N) is 1. The summed E-state index contributed by atoms with van der Waals surface area (Å²) in [6.07, 6.45) is 0. The molecule has 0 aliphatic heterocycles. The van der Waals surface area contributed by atoms with Gasteiger partial charge in [0.05, 0.1) is 10.0 Å². The smallest absolute Gasteiger partial charge is 0.255 e. The Kier molecular flexibility index (Phi) is 4.96. The molecule has 21 heavy (non-hydrogen) atoms. The third-order valence-electron chi connectivity index (χ3n) is 3.18. The molecule has 2 aromatic carbocycles. The first-order chi connectivity index (χ1) is 10.0. The van der Waals surface area contributed by atoms with Crippen LogP contribution in [0, 0.1) is 5.82 Å². The molecule has 0 atom stereocenters. The Balaban J connectivity index is 2.25. The maximum Gasteiger partial charge on any atom is 0.255 e. The Morgan fingerprint density at radius 3 is 2.67 bits per heavy atom. The van der Waals surface area contributed by atoms with E-state index < -0.39 is 5.82 Å². The van der Waals surface area contributed by atoms with E-state index in [0.29, 0.717) is 24.3 Å². The fourth-order valence-corrected chi connectivity index (χ4v) is 2.51. The van der Waals surface area contributed by atoms with Crippen molar-refractivity contribution < 1.29 is 9.18 Å². The van der Waals surface area contributed by atoms with Crippen molar-refractivity contribution in [2.75, 3.05) is 12.3 Å². The summed E-state index contributed by atoms with van der Waals surface area (Å²) < 4.78 is 13.7. The first-order valence-corrected chi connectivity index (χ1v) is 7.40. The average Bonchev–Trinajstić information content (AvgIpc) is 2.47. The van der Waals surface area contributed by atoms with Crippen LogP contribution in [0.2, 0.25) is 0 Å². The largest absolute Gasteiger partial charge is 0.399 e. The van der Waals surface area contributed by atoms with Crippen LogP contribution in [0.15, 0.2) is 46.9 Å². The molecule has 0 saturated carbocycles. The summed E-state index contributed by atoms with van der Waals surface area (Å²) >= 11 is 3.13. The molecule has 2 N–H and O–H groups in total. The summed E-state index contributed by atoms with van der Waals surface area (Å²) in [5.41, 5.74) is 7.66. The minimum Gasteiger partial charge on any atom is -0.399 e. The van der Waals surface area contributed by atoms with Gasteiger partial charge in [0.1, 0.15) is 5.82 Å². The molecule has 0 bridgehead atoms. The minimum atomic E-state index is -0.444. The van der Waals surface area contributed by atoms with Gasteiger partial charge in [-0.2, -0.15) is 0 Å². The number of benzene rings is 2. The highest BCUT2D eigenvalue weighted by atomic mass is 79.9. The SMILES string of the molecule is CCN(Cc1cccc(N)c1)C(=O)c1cccc(F)c1Br. The predicted octanol–water partition coefficient (Wildman–Crippen LogP) is 3.83. The average molecular weight is 351 g/mol. The minimum absolute atomic E-state index is 0.195. The van der Waals surface area contributed by atoms with Gasteiger partial charge in [-0.05, 0) is 52.7 Å². The molecule has 0 heterocycles. The van der Waals surface area contributed by atoms with Crippen molar-refractivity contribution in [3.63, 3.8) is 0 Å². The Morgan fingerprint density at radius 2 is 2.00 bits per heavy atom. The van der Waals surface area contributed by atoms with E-state index in [0.717, 1.165) is 5.56 Å². The Hall–Kier alpha value is -1.88. The van der Waals surface area contributed by atoms with Crippen LogP contribution in [-0.2, 0) is 6.54 Å². The lowest BCUT2D eigenvalue weighted by Crippen LogP contribution is -2.30. The summed E-state index contributed by atoms with van der Waals surface area (Å²) in [6.45, 7) is 2.84. The molecule has 110 valence electrons. The van der Waals surface area contributed by atoms with E-state index >= 15 is 0 Å². The van der Waals surface area contributed by atoms with Crippen LogP contribution in [0.25, 0.3) is 0 Å². The molecule has 0 aliphatic rings. The van der Waals surface area contributed by atoms with Gasteiger partial charge in [-0.25, -0.2) is 4.39 Å². The number of carbonyl (C=O) groups excluding carboxylic acids is 1. The van der Waals surface area contributed by atoms with Gasteiger partial charge < -0.3 is 10.6 Å². The second-order valence-electron chi connectivity index (χ2n) is 4.67. The van der Waals surface area contributed by atoms with Gasteiger partial charge >= 0.3 is 0 Å². The first-order valence-electron chi connectivity index (χ1n) is 6.60. The van der Waals surface area contributed by atoms with E-state index in [4.69, 9.17) is 5.73 Å².